The Morgan fingerprint density at radius 2 is 1.50 bits per heavy atom. The molecule has 0 radical (unpaired) electrons. The Morgan fingerprint density at radius 1 is 0.941 bits per heavy atom. The molecule has 0 spiro atoms. The number of nitrogens with one attached hydrogen (secondary N) is 2. The van der Waals surface area contributed by atoms with Crippen LogP contribution in [0.5, 0.6) is 5.75 Å². The number of rotatable bonds is 10. The summed E-state index contributed by atoms with van der Waals surface area (Å²) in [6, 6.07) is 6.95. The lowest BCUT2D eigenvalue weighted by Gasteiger charge is -2.19. The molecule has 0 saturated carbocycles. The lowest BCUT2D eigenvalue weighted by molar-refractivity contribution is -0.148. The van der Waals surface area contributed by atoms with Crippen molar-refractivity contribution in [1.82, 2.24) is 10.0 Å². The van der Waals surface area contributed by atoms with Gasteiger partial charge in [-0.1, -0.05) is 18.2 Å². The van der Waals surface area contributed by atoms with E-state index in [0.29, 0.717) is 16.9 Å². The van der Waals surface area contributed by atoms with Crippen LogP contribution in [-0.4, -0.2) is 40.6 Å². The molecule has 9 heteroatoms. The van der Waals surface area contributed by atoms with Crippen LogP contribution < -0.4 is 14.8 Å². The van der Waals surface area contributed by atoms with Gasteiger partial charge in [-0.05, 0) is 75.4 Å². The van der Waals surface area contributed by atoms with Crippen molar-refractivity contribution in [1.29, 1.82) is 0 Å². The van der Waals surface area contributed by atoms with Crippen LogP contribution in [0, 0.1) is 34.6 Å². The van der Waals surface area contributed by atoms with Crippen molar-refractivity contribution in [3.63, 3.8) is 0 Å². The number of sulfonamides is 1. The van der Waals surface area contributed by atoms with Gasteiger partial charge in [0.25, 0.3) is 5.91 Å². The fourth-order valence-electron chi connectivity index (χ4n) is 3.83. The summed E-state index contributed by atoms with van der Waals surface area (Å²) < 4.78 is 38.6. The van der Waals surface area contributed by atoms with Crippen molar-refractivity contribution in [3.8, 4) is 5.75 Å². The SMILES string of the molecule is COc1ccccc1C(C)NC(=O)COC(=O)CCNS(=O)(=O)c1c(C)c(C)c(C)c(C)c1C. The van der Waals surface area contributed by atoms with Crippen molar-refractivity contribution >= 4 is 21.9 Å². The number of ether oxygens (including phenoxy) is 2. The topological polar surface area (TPSA) is 111 Å². The molecule has 0 aliphatic heterocycles. The third-order valence-electron chi connectivity index (χ3n) is 6.17. The van der Waals surface area contributed by atoms with Crippen molar-refractivity contribution in [3.05, 3.63) is 57.6 Å². The lowest BCUT2D eigenvalue weighted by Crippen LogP contribution is -2.32. The molecule has 0 aliphatic carbocycles. The molecule has 0 bridgehead atoms. The van der Waals surface area contributed by atoms with E-state index in [1.807, 2.05) is 39.0 Å². The zero-order valence-corrected chi connectivity index (χ0v) is 21.7. The lowest BCUT2D eigenvalue weighted by atomic mass is 9.95. The first-order chi connectivity index (χ1) is 15.9. The summed E-state index contributed by atoms with van der Waals surface area (Å²) in [6.07, 6.45) is -0.198. The summed E-state index contributed by atoms with van der Waals surface area (Å²) in [5, 5.41) is 2.75. The van der Waals surface area contributed by atoms with E-state index in [9.17, 15) is 18.0 Å². The standard InChI is InChI=1S/C25H34N2O6S/c1-15-16(2)18(4)25(19(5)17(15)3)34(30,31)26-13-12-24(29)33-14-23(28)27-20(6)21-10-8-9-11-22(21)32-7/h8-11,20,26H,12-14H2,1-7H3,(H,27,28). The largest absolute Gasteiger partial charge is 0.496 e. The highest BCUT2D eigenvalue weighted by molar-refractivity contribution is 7.89. The number of benzene rings is 2. The quantitative estimate of drug-likeness (QED) is 0.494. The Bertz CT molecular complexity index is 1150. The molecule has 0 aromatic heterocycles. The highest BCUT2D eigenvalue weighted by atomic mass is 32.2. The first-order valence-electron chi connectivity index (χ1n) is 11.0. The minimum Gasteiger partial charge on any atom is -0.496 e. The number of amides is 1. The molecule has 2 rings (SSSR count). The number of carbonyl (C=O) groups excluding carboxylic acids is 2. The maximum absolute atomic E-state index is 12.9. The third-order valence-corrected chi connectivity index (χ3v) is 7.90. The highest BCUT2D eigenvalue weighted by Gasteiger charge is 2.23. The Hall–Kier alpha value is -2.91. The van der Waals surface area contributed by atoms with E-state index >= 15 is 0 Å². The van der Waals surface area contributed by atoms with Gasteiger partial charge >= 0.3 is 5.97 Å². The minimum atomic E-state index is -3.81. The number of methoxy groups -OCH3 is 1. The summed E-state index contributed by atoms with van der Waals surface area (Å²) in [7, 11) is -2.26. The van der Waals surface area contributed by atoms with Crippen molar-refractivity contribution in [2.45, 2.75) is 58.9 Å². The zero-order chi connectivity index (χ0) is 25.6. The Morgan fingerprint density at radius 3 is 2.09 bits per heavy atom. The molecule has 2 aromatic carbocycles. The van der Waals surface area contributed by atoms with Crippen molar-refractivity contribution in [2.24, 2.45) is 0 Å². The molecule has 186 valence electrons. The summed E-state index contributed by atoms with van der Waals surface area (Å²) >= 11 is 0. The predicted octanol–water partition coefficient (Wildman–Crippen LogP) is 3.33. The molecule has 1 unspecified atom stereocenters. The number of esters is 1. The van der Waals surface area contributed by atoms with E-state index < -0.39 is 28.5 Å². The third kappa shape index (κ3) is 6.36. The van der Waals surface area contributed by atoms with Crippen LogP contribution >= 0.6 is 0 Å². The molecule has 0 fully saturated rings. The van der Waals surface area contributed by atoms with Gasteiger partial charge in [0.05, 0.1) is 24.5 Å². The Labute approximate surface area is 202 Å². The van der Waals surface area contributed by atoms with Gasteiger partial charge in [0.2, 0.25) is 10.0 Å². The van der Waals surface area contributed by atoms with Gasteiger partial charge < -0.3 is 14.8 Å². The molecular weight excluding hydrogens is 456 g/mol. The van der Waals surface area contributed by atoms with E-state index in [1.54, 1.807) is 33.9 Å². The molecule has 0 aliphatic rings. The summed E-state index contributed by atoms with van der Waals surface area (Å²) in [6.45, 7) is 10.5. The summed E-state index contributed by atoms with van der Waals surface area (Å²) in [4.78, 5) is 24.5. The second-order valence-electron chi connectivity index (χ2n) is 8.29. The number of hydrogen-bond acceptors (Lipinski definition) is 6. The van der Waals surface area contributed by atoms with E-state index in [0.717, 1.165) is 22.3 Å². The van der Waals surface area contributed by atoms with E-state index in [2.05, 4.69) is 10.0 Å². The normalized spacial score (nSPS) is 12.2. The first-order valence-corrected chi connectivity index (χ1v) is 12.5. The van der Waals surface area contributed by atoms with E-state index in [-0.39, 0.29) is 23.9 Å². The molecule has 2 N–H and O–H groups in total. The number of para-hydroxylation sites is 1. The van der Waals surface area contributed by atoms with Crippen LogP contribution in [0.4, 0.5) is 0 Å². The maximum atomic E-state index is 12.9. The van der Waals surface area contributed by atoms with Gasteiger partial charge in [-0.3, -0.25) is 9.59 Å². The van der Waals surface area contributed by atoms with Crippen molar-refractivity contribution in [2.75, 3.05) is 20.3 Å². The van der Waals surface area contributed by atoms with Crippen LogP contribution in [0.3, 0.4) is 0 Å². The highest BCUT2D eigenvalue weighted by Crippen LogP contribution is 2.29. The zero-order valence-electron chi connectivity index (χ0n) is 20.9. The molecule has 1 atom stereocenters. The molecule has 0 heterocycles. The van der Waals surface area contributed by atoms with Crippen LogP contribution in [0.25, 0.3) is 0 Å². The fraction of sp³-hybridized carbons (Fsp3) is 0.440. The van der Waals surface area contributed by atoms with Crippen LogP contribution in [0.2, 0.25) is 0 Å². The smallest absolute Gasteiger partial charge is 0.307 e. The number of carbonyl (C=O) groups is 2. The fourth-order valence-corrected chi connectivity index (χ4v) is 5.46. The second kappa shape index (κ2) is 11.5. The average Bonchev–Trinajstić information content (AvgIpc) is 2.79. The molecule has 2 aromatic rings. The molecular formula is C25H34N2O6S. The molecule has 34 heavy (non-hydrogen) atoms. The van der Waals surface area contributed by atoms with E-state index in [1.165, 1.54) is 0 Å². The van der Waals surface area contributed by atoms with Gasteiger partial charge in [-0.15, -0.1) is 0 Å². The average molecular weight is 491 g/mol. The monoisotopic (exact) mass is 490 g/mol. The summed E-state index contributed by atoms with van der Waals surface area (Å²) in [5.41, 5.74) is 5.10. The van der Waals surface area contributed by atoms with Crippen LogP contribution in [0.1, 0.15) is 52.8 Å². The summed E-state index contributed by atoms with van der Waals surface area (Å²) in [5.74, 6) is -0.499. The maximum Gasteiger partial charge on any atom is 0.307 e. The Kier molecular flexibility index (Phi) is 9.23. The van der Waals surface area contributed by atoms with E-state index in [4.69, 9.17) is 9.47 Å². The van der Waals surface area contributed by atoms with Gasteiger partial charge in [-0.2, -0.15) is 0 Å². The van der Waals surface area contributed by atoms with Crippen LogP contribution in [0.15, 0.2) is 29.2 Å². The predicted molar refractivity (Wildman–Crippen MR) is 130 cm³/mol. The number of hydrogen-bond donors (Lipinski definition) is 2. The first kappa shape index (κ1) is 27.3. The molecule has 8 nitrogen and oxygen atoms in total. The second-order valence-corrected chi connectivity index (χ2v) is 10.00. The van der Waals surface area contributed by atoms with Crippen molar-refractivity contribution < 1.29 is 27.5 Å². The Balaban J connectivity index is 1.89. The van der Waals surface area contributed by atoms with Gasteiger partial charge in [0.1, 0.15) is 5.75 Å². The molecule has 0 saturated heterocycles. The van der Waals surface area contributed by atoms with Gasteiger partial charge in [0.15, 0.2) is 6.61 Å². The van der Waals surface area contributed by atoms with Gasteiger partial charge in [0, 0.05) is 12.1 Å². The minimum absolute atomic E-state index is 0.134. The molecule has 1 amide bonds. The van der Waals surface area contributed by atoms with Crippen LogP contribution in [-0.2, 0) is 24.3 Å². The van der Waals surface area contributed by atoms with Gasteiger partial charge in [-0.25, -0.2) is 13.1 Å².